The average molecular weight is 293 g/mol. The topological polar surface area (TPSA) is 45.9 Å². The van der Waals surface area contributed by atoms with Gasteiger partial charge in [0.1, 0.15) is 24.1 Å². The van der Waals surface area contributed by atoms with Gasteiger partial charge in [-0.2, -0.15) is 5.26 Å². The van der Waals surface area contributed by atoms with Crippen LogP contribution >= 0.6 is 23.2 Å². The third-order valence-electron chi connectivity index (χ3n) is 2.54. The highest BCUT2D eigenvalue weighted by molar-refractivity contribution is 6.32. The second-order valence-electron chi connectivity index (χ2n) is 3.80. The number of aromatic nitrogens is 1. The normalized spacial score (nSPS) is 9.95. The van der Waals surface area contributed by atoms with Gasteiger partial charge in [-0.25, -0.2) is 4.98 Å². The van der Waals surface area contributed by atoms with E-state index in [1.54, 1.807) is 30.5 Å². The van der Waals surface area contributed by atoms with Crippen molar-refractivity contribution in [2.45, 2.75) is 12.5 Å². The van der Waals surface area contributed by atoms with E-state index < -0.39 is 0 Å². The molecule has 5 heteroatoms. The molecule has 0 amide bonds. The van der Waals surface area contributed by atoms with Crippen LogP contribution in [0.1, 0.15) is 16.8 Å². The van der Waals surface area contributed by atoms with Crippen molar-refractivity contribution in [2.24, 2.45) is 0 Å². The smallest absolute Gasteiger partial charge is 0.140 e. The summed E-state index contributed by atoms with van der Waals surface area (Å²) in [5, 5.41) is 9.36. The van der Waals surface area contributed by atoms with Crippen molar-refractivity contribution in [2.75, 3.05) is 0 Å². The third kappa shape index (κ3) is 3.37. The fraction of sp³-hybridized carbons (Fsp3) is 0.143. The van der Waals surface area contributed by atoms with Gasteiger partial charge in [0.05, 0.1) is 5.88 Å². The fourth-order valence-corrected chi connectivity index (χ4v) is 2.17. The van der Waals surface area contributed by atoms with E-state index in [1.807, 2.05) is 12.1 Å². The number of rotatable bonds is 4. The first-order valence-electron chi connectivity index (χ1n) is 5.55. The maximum absolute atomic E-state index is 8.78. The van der Waals surface area contributed by atoms with E-state index in [4.69, 9.17) is 33.2 Å². The van der Waals surface area contributed by atoms with E-state index in [9.17, 15) is 0 Å². The number of halogens is 2. The van der Waals surface area contributed by atoms with Crippen molar-refractivity contribution in [3.8, 4) is 11.8 Å². The molecular formula is C14H10Cl2N2O. The molecule has 0 unspecified atom stereocenters. The van der Waals surface area contributed by atoms with Crippen molar-refractivity contribution in [1.82, 2.24) is 4.98 Å². The van der Waals surface area contributed by atoms with Gasteiger partial charge in [-0.15, -0.1) is 11.6 Å². The lowest BCUT2D eigenvalue weighted by atomic mass is 10.2. The van der Waals surface area contributed by atoms with Crippen LogP contribution in [0.4, 0.5) is 0 Å². The van der Waals surface area contributed by atoms with E-state index in [2.05, 4.69) is 4.98 Å². The van der Waals surface area contributed by atoms with Crippen molar-refractivity contribution >= 4 is 23.2 Å². The summed E-state index contributed by atoms with van der Waals surface area (Å²) >= 11 is 11.9. The second kappa shape index (κ2) is 6.42. The zero-order chi connectivity index (χ0) is 13.7. The Bertz CT molecular complexity index is 623. The molecule has 2 aromatic rings. The fourth-order valence-electron chi connectivity index (χ4n) is 1.59. The van der Waals surface area contributed by atoms with Crippen LogP contribution in [0.3, 0.4) is 0 Å². The molecule has 3 nitrogen and oxygen atoms in total. The van der Waals surface area contributed by atoms with Crippen LogP contribution in [-0.4, -0.2) is 4.98 Å². The van der Waals surface area contributed by atoms with Gasteiger partial charge >= 0.3 is 0 Å². The first-order valence-corrected chi connectivity index (χ1v) is 6.47. The standard InChI is InChI=1S/C14H10Cl2N2O/c15-7-12-13(16)2-1-3-14(12)19-9-10-4-5-18-11(6-10)8-17/h1-6H,7,9H2. The summed E-state index contributed by atoms with van der Waals surface area (Å²) in [4.78, 5) is 3.90. The van der Waals surface area contributed by atoms with Gasteiger partial charge in [0, 0.05) is 16.8 Å². The maximum Gasteiger partial charge on any atom is 0.140 e. The predicted molar refractivity (Wildman–Crippen MR) is 74.3 cm³/mol. The molecule has 0 radical (unpaired) electrons. The number of nitriles is 1. The van der Waals surface area contributed by atoms with Crippen LogP contribution in [0.2, 0.25) is 5.02 Å². The van der Waals surface area contributed by atoms with Gasteiger partial charge in [-0.05, 0) is 29.8 Å². The summed E-state index contributed by atoms with van der Waals surface area (Å²) in [5.41, 5.74) is 2.00. The Balaban J connectivity index is 2.15. The molecule has 96 valence electrons. The minimum absolute atomic E-state index is 0.287. The predicted octanol–water partition coefficient (Wildman–Crippen LogP) is 3.92. The molecule has 0 N–H and O–H groups in total. The average Bonchev–Trinajstić information content (AvgIpc) is 2.45. The van der Waals surface area contributed by atoms with Crippen LogP contribution < -0.4 is 4.74 Å². The minimum atomic E-state index is 0.287. The van der Waals surface area contributed by atoms with E-state index in [0.717, 1.165) is 11.1 Å². The van der Waals surface area contributed by atoms with Crippen LogP contribution in [0.25, 0.3) is 0 Å². The first-order chi connectivity index (χ1) is 9.24. The lowest BCUT2D eigenvalue weighted by Gasteiger charge is -2.11. The molecule has 19 heavy (non-hydrogen) atoms. The van der Waals surface area contributed by atoms with Gasteiger partial charge in [0.2, 0.25) is 0 Å². The number of benzene rings is 1. The minimum Gasteiger partial charge on any atom is -0.489 e. The highest BCUT2D eigenvalue weighted by Gasteiger charge is 2.07. The molecule has 0 fully saturated rings. The van der Waals surface area contributed by atoms with Crippen LogP contribution in [0, 0.1) is 11.3 Å². The van der Waals surface area contributed by atoms with Gasteiger partial charge < -0.3 is 4.74 Å². The summed E-state index contributed by atoms with van der Waals surface area (Å²) in [6.07, 6.45) is 1.58. The van der Waals surface area contributed by atoms with Crippen molar-refractivity contribution in [3.63, 3.8) is 0 Å². The Labute approximate surface area is 121 Å². The molecular weight excluding hydrogens is 283 g/mol. The molecule has 0 spiro atoms. The number of alkyl halides is 1. The zero-order valence-corrected chi connectivity index (χ0v) is 11.4. The van der Waals surface area contributed by atoms with E-state index >= 15 is 0 Å². The maximum atomic E-state index is 8.78. The van der Waals surface area contributed by atoms with Crippen LogP contribution in [0.5, 0.6) is 5.75 Å². The molecule has 0 aliphatic carbocycles. The highest BCUT2D eigenvalue weighted by atomic mass is 35.5. The van der Waals surface area contributed by atoms with Crippen molar-refractivity contribution in [1.29, 1.82) is 5.26 Å². The van der Waals surface area contributed by atoms with E-state index in [-0.39, 0.29) is 5.88 Å². The Hall–Kier alpha value is -1.76. The molecule has 0 saturated heterocycles. The van der Waals surface area contributed by atoms with Crippen LogP contribution in [0.15, 0.2) is 36.5 Å². The summed E-state index contributed by atoms with van der Waals surface area (Å²) in [5.74, 6) is 0.937. The summed E-state index contributed by atoms with van der Waals surface area (Å²) in [6.45, 7) is 0.335. The van der Waals surface area contributed by atoms with E-state index in [1.165, 1.54) is 0 Å². The molecule has 0 aliphatic rings. The molecule has 1 heterocycles. The summed E-state index contributed by atoms with van der Waals surface area (Å²) < 4.78 is 5.69. The van der Waals surface area contributed by atoms with Gasteiger partial charge in [0.15, 0.2) is 0 Å². The third-order valence-corrected chi connectivity index (χ3v) is 3.16. The number of hydrogen-bond acceptors (Lipinski definition) is 3. The molecule has 0 bridgehead atoms. The number of hydrogen-bond donors (Lipinski definition) is 0. The summed E-state index contributed by atoms with van der Waals surface area (Å²) in [7, 11) is 0. The molecule has 2 rings (SSSR count). The second-order valence-corrected chi connectivity index (χ2v) is 4.47. The van der Waals surface area contributed by atoms with E-state index in [0.29, 0.717) is 23.1 Å². The molecule has 1 aromatic carbocycles. The van der Waals surface area contributed by atoms with Crippen LogP contribution in [-0.2, 0) is 12.5 Å². The van der Waals surface area contributed by atoms with Gasteiger partial charge in [-0.3, -0.25) is 0 Å². The molecule has 0 atom stereocenters. The lowest BCUT2D eigenvalue weighted by Crippen LogP contribution is -1.99. The largest absolute Gasteiger partial charge is 0.489 e. The number of nitrogens with zero attached hydrogens (tertiary/aromatic N) is 2. The Morgan fingerprint density at radius 1 is 1.32 bits per heavy atom. The quantitative estimate of drug-likeness (QED) is 0.802. The van der Waals surface area contributed by atoms with Crippen molar-refractivity contribution in [3.05, 3.63) is 58.4 Å². The Morgan fingerprint density at radius 3 is 2.89 bits per heavy atom. The molecule has 0 saturated carbocycles. The highest BCUT2D eigenvalue weighted by Crippen LogP contribution is 2.28. The number of ether oxygens (including phenoxy) is 1. The summed E-state index contributed by atoms with van der Waals surface area (Å²) in [6, 6.07) is 10.9. The zero-order valence-electron chi connectivity index (χ0n) is 9.94. The number of pyridine rings is 1. The lowest BCUT2D eigenvalue weighted by molar-refractivity contribution is 0.303. The SMILES string of the molecule is N#Cc1cc(COc2cccc(Cl)c2CCl)ccn1. The van der Waals surface area contributed by atoms with Crippen molar-refractivity contribution < 1.29 is 4.74 Å². The molecule has 0 aliphatic heterocycles. The Kier molecular flexibility index (Phi) is 4.62. The monoisotopic (exact) mass is 292 g/mol. The van der Waals surface area contributed by atoms with Gasteiger partial charge in [0.25, 0.3) is 0 Å². The molecule has 1 aromatic heterocycles. The van der Waals surface area contributed by atoms with Gasteiger partial charge in [-0.1, -0.05) is 17.7 Å². The first kappa shape index (κ1) is 13.7. The Morgan fingerprint density at radius 2 is 2.16 bits per heavy atom.